The third kappa shape index (κ3) is 1.10. The van der Waals surface area contributed by atoms with Gasteiger partial charge in [-0.2, -0.15) is 0 Å². The van der Waals surface area contributed by atoms with Crippen LogP contribution in [0.25, 0.3) is 0 Å². The Morgan fingerprint density at radius 2 is 2.36 bits per heavy atom. The van der Waals surface area contributed by atoms with Gasteiger partial charge in [0.05, 0.1) is 0 Å². The predicted molar refractivity (Wildman–Crippen MR) is 49.4 cm³/mol. The normalized spacial score (nSPS) is 21.8. The standard InChI is InChI=1S/C9H10BrN/c1-6-7-3-2-4-9(10)8(7)5-11-6/h2-4,6,11H,5H2,1H3/t6-/m0/s1. The number of rotatable bonds is 0. The summed E-state index contributed by atoms with van der Waals surface area (Å²) in [4.78, 5) is 0. The molecule has 0 bridgehead atoms. The number of nitrogens with one attached hydrogen (secondary N) is 1. The van der Waals surface area contributed by atoms with E-state index in [1.54, 1.807) is 0 Å². The van der Waals surface area contributed by atoms with Crippen LogP contribution in [0.15, 0.2) is 22.7 Å². The molecule has 2 rings (SSSR count). The van der Waals surface area contributed by atoms with Crippen molar-refractivity contribution in [2.45, 2.75) is 19.5 Å². The second-order valence-corrected chi connectivity index (χ2v) is 3.76. The van der Waals surface area contributed by atoms with E-state index < -0.39 is 0 Å². The minimum absolute atomic E-state index is 0.516. The maximum Gasteiger partial charge on any atom is 0.0298 e. The van der Waals surface area contributed by atoms with Crippen molar-refractivity contribution >= 4 is 15.9 Å². The van der Waals surface area contributed by atoms with Gasteiger partial charge in [0.15, 0.2) is 0 Å². The zero-order valence-corrected chi connectivity index (χ0v) is 7.98. The maximum atomic E-state index is 3.53. The zero-order chi connectivity index (χ0) is 7.84. The monoisotopic (exact) mass is 211 g/mol. The van der Waals surface area contributed by atoms with Gasteiger partial charge in [0.25, 0.3) is 0 Å². The number of hydrogen-bond acceptors (Lipinski definition) is 1. The van der Waals surface area contributed by atoms with Gasteiger partial charge in [-0.15, -0.1) is 0 Å². The van der Waals surface area contributed by atoms with E-state index in [0.29, 0.717) is 6.04 Å². The molecule has 58 valence electrons. The number of benzene rings is 1. The molecule has 1 atom stereocenters. The van der Waals surface area contributed by atoms with Crippen LogP contribution < -0.4 is 5.32 Å². The van der Waals surface area contributed by atoms with Gasteiger partial charge in [-0.1, -0.05) is 28.1 Å². The summed E-state index contributed by atoms with van der Waals surface area (Å²) in [5.74, 6) is 0. The Morgan fingerprint density at radius 3 is 3.09 bits per heavy atom. The first-order chi connectivity index (χ1) is 5.29. The van der Waals surface area contributed by atoms with Gasteiger partial charge in [-0.25, -0.2) is 0 Å². The summed E-state index contributed by atoms with van der Waals surface area (Å²) >= 11 is 3.53. The topological polar surface area (TPSA) is 12.0 Å². The van der Waals surface area contributed by atoms with Crippen molar-refractivity contribution in [1.29, 1.82) is 0 Å². The van der Waals surface area contributed by atoms with Crippen molar-refractivity contribution in [3.05, 3.63) is 33.8 Å². The molecule has 0 radical (unpaired) electrons. The van der Waals surface area contributed by atoms with Crippen LogP contribution in [-0.2, 0) is 6.54 Å². The van der Waals surface area contributed by atoms with Gasteiger partial charge in [0, 0.05) is 17.1 Å². The number of hydrogen-bond donors (Lipinski definition) is 1. The number of fused-ring (bicyclic) bond motifs is 1. The van der Waals surface area contributed by atoms with E-state index in [1.807, 2.05) is 0 Å². The van der Waals surface area contributed by atoms with Crippen LogP contribution in [0.1, 0.15) is 24.1 Å². The molecule has 0 amide bonds. The Hall–Kier alpha value is -0.340. The third-order valence-electron chi connectivity index (χ3n) is 2.21. The van der Waals surface area contributed by atoms with Crippen molar-refractivity contribution < 1.29 is 0 Å². The maximum absolute atomic E-state index is 3.53. The van der Waals surface area contributed by atoms with Crippen molar-refractivity contribution in [2.75, 3.05) is 0 Å². The summed E-state index contributed by atoms with van der Waals surface area (Å²) in [5, 5.41) is 3.40. The average Bonchev–Trinajstić information content (AvgIpc) is 2.35. The molecule has 0 aromatic heterocycles. The van der Waals surface area contributed by atoms with Crippen LogP contribution >= 0.6 is 15.9 Å². The molecule has 0 aliphatic carbocycles. The van der Waals surface area contributed by atoms with E-state index in [0.717, 1.165) is 6.54 Å². The molecule has 0 unspecified atom stereocenters. The molecule has 11 heavy (non-hydrogen) atoms. The second kappa shape index (κ2) is 2.61. The highest BCUT2D eigenvalue weighted by molar-refractivity contribution is 9.10. The molecule has 0 fully saturated rings. The van der Waals surface area contributed by atoms with Gasteiger partial charge in [0.2, 0.25) is 0 Å². The van der Waals surface area contributed by atoms with E-state index >= 15 is 0 Å². The van der Waals surface area contributed by atoms with E-state index in [4.69, 9.17) is 0 Å². The van der Waals surface area contributed by atoms with E-state index in [2.05, 4.69) is 46.4 Å². The van der Waals surface area contributed by atoms with Gasteiger partial charge in [0.1, 0.15) is 0 Å². The Bertz CT molecular complexity index is 283. The average molecular weight is 212 g/mol. The van der Waals surface area contributed by atoms with Gasteiger partial charge >= 0.3 is 0 Å². The van der Waals surface area contributed by atoms with Crippen molar-refractivity contribution in [2.24, 2.45) is 0 Å². The molecular formula is C9H10BrN. The van der Waals surface area contributed by atoms with Gasteiger partial charge in [-0.3, -0.25) is 0 Å². The highest BCUT2D eigenvalue weighted by atomic mass is 79.9. The smallest absolute Gasteiger partial charge is 0.0298 e. The summed E-state index contributed by atoms with van der Waals surface area (Å²) in [6.07, 6.45) is 0. The SMILES string of the molecule is C[C@@H]1NCc2c(Br)cccc21. The van der Waals surface area contributed by atoms with Crippen molar-refractivity contribution in [1.82, 2.24) is 5.32 Å². The lowest BCUT2D eigenvalue weighted by molar-refractivity contribution is 0.633. The van der Waals surface area contributed by atoms with Crippen LogP contribution in [-0.4, -0.2) is 0 Å². The third-order valence-corrected chi connectivity index (χ3v) is 2.95. The molecule has 1 aliphatic heterocycles. The van der Waals surface area contributed by atoms with Crippen LogP contribution in [0.2, 0.25) is 0 Å². The van der Waals surface area contributed by atoms with Crippen LogP contribution in [0.4, 0.5) is 0 Å². The first kappa shape index (κ1) is 7.32. The Labute approximate surface area is 74.9 Å². The van der Waals surface area contributed by atoms with Crippen molar-refractivity contribution in [3.63, 3.8) is 0 Å². The molecule has 0 spiro atoms. The fourth-order valence-electron chi connectivity index (χ4n) is 1.53. The lowest BCUT2D eigenvalue weighted by atomic mass is 10.1. The highest BCUT2D eigenvalue weighted by Gasteiger charge is 2.18. The largest absolute Gasteiger partial charge is 0.306 e. The zero-order valence-electron chi connectivity index (χ0n) is 6.39. The molecule has 0 saturated carbocycles. The van der Waals surface area contributed by atoms with Crippen LogP contribution in [0.5, 0.6) is 0 Å². The highest BCUT2D eigenvalue weighted by Crippen LogP contribution is 2.30. The number of halogens is 1. The fourth-order valence-corrected chi connectivity index (χ4v) is 2.05. The lowest BCUT2D eigenvalue weighted by Gasteiger charge is -2.03. The van der Waals surface area contributed by atoms with Crippen LogP contribution in [0.3, 0.4) is 0 Å². The second-order valence-electron chi connectivity index (χ2n) is 2.91. The molecular weight excluding hydrogens is 202 g/mol. The van der Waals surface area contributed by atoms with Gasteiger partial charge in [-0.05, 0) is 24.1 Å². The quantitative estimate of drug-likeness (QED) is 0.696. The molecule has 1 heterocycles. The Morgan fingerprint density at radius 1 is 1.55 bits per heavy atom. The molecule has 1 aliphatic rings. The first-order valence-corrected chi connectivity index (χ1v) is 4.59. The molecule has 1 aromatic rings. The summed E-state index contributed by atoms with van der Waals surface area (Å²) < 4.78 is 1.23. The predicted octanol–water partition coefficient (Wildman–Crippen LogP) is 2.61. The Balaban J connectivity index is 2.57. The Kier molecular flexibility index (Phi) is 1.74. The molecule has 2 heteroatoms. The minimum atomic E-state index is 0.516. The summed E-state index contributed by atoms with van der Waals surface area (Å²) in [6.45, 7) is 3.19. The first-order valence-electron chi connectivity index (χ1n) is 3.79. The van der Waals surface area contributed by atoms with E-state index in [-0.39, 0.29) is 0 Å². The van der Waals surface area contributed by atoms with E-state index in [1.165, 1.54) is 15.6 Å². The molecule has 1 N–H and O–H groups in total. The van der Waals surface area contributed by atoms with E-state index in [9.17, 15) is 0 Å². The summed E-state index contributed by atoms with van der Waals surface area (Å²) in [6, 6.07) is 6.89. The van der Waals surface area contributed by atoms with Crippen molar-refractivity contribution in [3.8, 4) is 0 Å². The minimum Gasteiger partial charge on any atom is -0.306 e. The van der Waals surface area contributed by atoms with Crippen LogP contribution in [0, 0.1) is 0 Å². The summed E-state index contributed by atoms with van der Waals surface area (Å²) in [7, 11) is 0. The molecule has 0 saturated heterocycles. The van der Waals surface area contributed by atoms with Gasteiger partial charge < -0.3 is 5.32 Å². The molecule has 1 aromatic carbocycles. The fraction of sp³-hybridized carbons (Fsp3) is 0.333. The molecule has 1 nitrogen and oxygen atoms in total. The lowest BCUT2D eigenvalue weighted by Crippen LogP contribution is -2.06. The summed E-state index contributed by atoms with van der Waals surface area (Å²) in [5.41, 5.74) is 2.85.